The van der Waals surface area contributed by atoms with Gasteiger partial charge in [-0.15, -0.1) is 0 Å². The van der Waals surface area contributed by atoms with Crippen LogP contribution in [0.15, 0.2) is 18.2 Å². The Kier molecular flexibility index (Phi) is 45.7. The Morgan fingerprint density at radius 2 is 0.313 bits per heavy atom. The van der Waals surface area contributed by atoms with Gasteiger partial charge < -0.3 is 301 Å². The smallest absolute Gasteiger partial charge is 0.251 e. The van der Waals surface area contributed by atoms with Gasteiger partial charge >= 0.3 is 0 Å². The predicted molar refractivity (Wildman–Crippen MR) is 454 cm³/mol. The molecule has 1 unspecified atom stereocenters. The van der Waals surface area contributed by atoms with Gasteiger partial charge in [-0.05, 0) is 18.2 Å². The highest BCUT2D eigenvalue weighted by Gasteiger charge is 2.57. The van der Waals surface area contributed by atoms with Crippen LogP contribution in [-0.4, -0.2) is 651 Å². The van der Waals surface area contributed by atoms with E-state index >= 15 is 14.4 Å². The SMILES string of the molecule is O=C(CNC(=O)c1cc(C(=O)NCC(=O)NC(CO[C@H]2O[C@H](CO)[C@@H](O)[C@H](O)[C@@H]2O)(CO[C@H]2O[C@H](CO)[C@@H](O)[C@H](O)[C@@H]2O)CO[C@H]2O[C@H](CO)[C@@H](O)[C@H](O)[C@@H]2O)cc(C(=O)NCC(=O)NC(CO[C@H]2O[C@H](CO)[C@@H](O)[C@H](O)[C@@H]2O)(CO[C@H]2O[C@H](CO)[C@@H](O)[C@H](O)[C@@H]2O)CO[C@H]2O[C@H](CO)C(O)[C@H](O)[C@@H]2O)c1)NC(CO[C@H]1O[C@H](CO)[C@@H](O)[C@H](O)[C@@H]1O)(CO[C@H]1O[C@H](CO)[C@@H](O)[C@H](O)[C@@H]1O)CO[C@H]1O[C@H](CO)[C@@H](O)[C@H](O)[C@@H]1O. The number of aliphatic hydroxyl groups excluding tert-OH is 36. The minimum Gasteiger partial charge on any atom is -0.394 e. The maximum atomic E-state index is 15.0. The summed E-state index contributed by atoms with van der Waals surface area (Å²) >= 11 is 0. The Morgan fingerprint density at radius 3 is 0.422 bits per heavy atom. The van der Waals surface area contributed by atoms with Crippen molar-refractivity contribution in [1.82, 2.24) is 31.9 Å². The highest BCUT2D eigenvalue weighted by atomic mass is 16.8. The second-order valence-electron chi connectivity index (χ2n) is 36.4. The molecule has 10 rings (SSSR count). The Bertz CT molecular complexity index is 3540. The molecule has 6 amide bonds. The van der Waals surface area contributed by atoms with Gasteiger partial charge in [0.05, 0.1) is 139 Å². The van der Waals surface area contributed by atoms with E-state index in [-0.39, 0.29) is 0 Å². The first-order valence-corrected chi connectivity index (χ1v) is 45.7. The summed E-state index contributed by atoms with van der Waals surface area (Å²) in [5.74, 6) is -9.19. The molecule has 0 saturated carbocycles. The lowest BCUT2D eigenvalue weighted by Crippen LogP contribution is -2.66. The molecule has 9 heterocycles. The molecule has 1 aromatic carbocycles. The maximum Gasteiger partial charge on any atom is 0.251 e. The van der Waals surface area contributed by atoms with Crippen LogP contribution in [0.5, 0.6) is 0 Å². The molecule has 0 aromatic heterocycles. The van der Waals surface area contributed by atoms with Gasteiger partial charge in [-0.1, -0.05) is 0 Å². The monoisotopic (exact) mass is 2150 g/mol. The van der Waals surface area contributed by atoms with Crippen molar-refractivity contribution >= 4 is 35.4 Å². The number of benzene rings is 1. The van der Waals surface area contributed by atoms with E-state index in [1.807, 2.05) is 0 Å². The van der Waals surface area contributed by atoms with Crippen LogP contribution in [0.2, 0.25) is 0 Å². The van der Waals surface area contributed by atoms with Crippen molar-refractivity contribution in [3.8, 4) is 0 Å². The molecule has 0 aliphatic carbocycles. The molecule has 147 heavy (non-hydrogen) atoms. The van der Waals surface area contributed by atoms with Crippen molar-refractivity contribution < 1.29 is 298 Å². The van der Waals surface area contributed by atoms with E-state index in [1.165, 1.54) is 0 Å². The topological polar surface area (TPSA) is 1070 Å². The van der Waals surface area contributed by atoms with E-state index in [0.717, 1.165) is 0 Å². The Labute approximate surface area is 829 Å². The van der Waals surface area contributed by atoms with Crippen LogP contribution in [0.4, 0.5) is 0 Å². The van der Waals surface area contributed by atoms with Crippen LogP contribution in [0.1, 0.15) is 31.1 Å². The molecule has 9 fully saturated rings. The highest BCUT2D eigenvalue weighted by Crippen LogP contribution is 2.35. The highest BCUT2D eigenvalue weighted by molar-refractivity contribution is 6.06. The van der Waals surface area contributed by atoms with Gasteiger partial charge in [-0.3, -0.25) is 28.8 Å². The lowest BCUT2D eigenvalue weighted by atomic mass is 9.98. The predicted octanol–water partition coefficient (Wildman–Crippen LogP) is -28.2. The van der Waals surface area contributed by atoms with Crippen LogP contribution < -0.4 is 31.9 Å². The van der Waals surface area contributed by atoms with Crippen molar-refractivity contribution in [2.45, 2.75) is 293 Å². The first-order valence-electron chi connectivity index (χ1n) is 45.7. The number of carbonyl (C=O) groups is 6. The normalized spacial score (nSPS) is 40.4. The summed E-state index contributed by atoms with van der Waals surface area (Å²) in [5, 5.41) is 398. The number of hydrogen-bond donors (Lipinski definition) is 42. The third-order valence-electron chi connectivity index (χ3n) is 25.5. The average Bonchev–Trinajstić information content (AvgIpc) is 0.790. The summed E-state index contributed by atoms with van der Waals surface area (Å²) in [7, 11) is 0. The standard InChI is InChI=1S/C81H132N6O60/c88-7-28-40(100)49(109)58(118)70(139-28)130-16-79(17-131-71-59(119)50(110)41(101)29(8-89)140-71,18-132-72-60(120)51(111)42(102)30(9-90)141-72)85-37(97)4-82-67(127)25-1-26(68(128)83-5-38(98)86-80(19-133-73-61(121)52(112)43(103)31(10-91)142-73,20-134-74-62(122)53(113)44(104)32(11-92)143-74)21-135-75-63(123)54(114)45(105)33(12-93)144-75)3-27(2-25)69(129)84-6-39(99)87-81(22-136-76-64(124)55(115)46(106)34(13-94)145-76,23-137-77-65(125)56(116)47(107)35(14-95)146-77)24-138-78-66(126)57(117)48(108)36(15-96)147-78/h1-3,28-36,40-66,70-78,88-96,100-126H,4-24H2,(H,82,127)(H,83,128)(H,84,129)(H,85,97)(H,86,98)(H,87,99)/t28-,29-,30-,31-,32-,33-,34-,35-,36-,40-,41-,42-,43-,44-,45-,46-,47-,48?,49+,50+,51+,52+,53+,54+,55+,56+,57+,58+,59+,60+,61+,62+,63+,64+,65+,66+,70+,71+,72+,73+,74+,75+,76+,77+,78+/m1/s1. The molecule has 66 heteroatoms. The molecule has 9 aliphatic rings. The molecule has 0 spiro atoms. The molecule has 1 aromatic rings. The van der Waals surface area contributed by atoms with Crippen molar-refractivity contribution in [3.05, 3.63) is 34.9 Å². The Balaban J connectivity index is 1.03. The molecule has 0 radical (unpaired) electrons. The second-order valence-corrected chi connectivity index (χ2v) is 36.4. The quantitative estimate of drug-likeness (QED) is 0.0288. The van der Waals surface area contributed by atoms with E-state index in [2.05, 4.69) is 31.9 Å². The summed E-state index contributed by atoms with van der Waals surface area (Å²) < 4.78 is 102. The van der Waals surface area contributed by atoms with Crippen molar-refractivity contribution in [1.29, 1.82) is 0 Å². The summed E-state index contributed by atoms with van der Waals surface area (Å²) in [5.41, 5.74) is -10.8. The van der Waals surface area contributed by atoms with Gasteiger partial charge in [0, 0.05) is 16.7 Å². The minimum atomic E-state index is -2.67. The average molecular weight is 2150 g/mol. The number of hydrogen-bond acceptors (Lipinski definition) is 60. The molecule has 66 nitrogen and oxygen atoms in total. The first kappa shape index (κ1) is 123. The van der Waals surface area contributed by atoms with E-state index < -0.39 is 484 Å². The molecular weight excluding hydrogens is 2020 g/mol. The zero-order valence-electron chi connectivity index (χ0n) is 77.5. The lowest BCUT2D eigenvalue weighted by Gasteiger charge is -2.44. The number of rotatable bonds is 48. The molecule has 45 atom stereocenters. The number of amides is 6. The summed E-state index contributed by atoms with van der Waals surface area (Å²) in [4.78, 5) is 89.8. The van der Waals surface area contributed by atoms with Gasteiger partial charge in [-0.2, -0.15) is 0 Å². The van der Waals surface area contributed by atoms with Crippen LogP contribution in [0.3, 0.4) is 0 Å². The third kappa shape index (κ3) is 29.6. The number of nitrogens with one attached hydrogen (secondary N) is 6. The molecule has 846 valence electrons. The fourth-order valence-electron chi connectivity index (χ4n) is 16.5. The third-order valence-corrected chi connectivity index (χ3v) is 25.5. The first-order chi connectivity index (χ1) is 69.5. The van der Waals surface area contributed by atoms with Crippen molar-refractivity contribution in [2.75, 3.05) is 139 Å². The molecule has 0 bridgehead atoms. The van der Waals surface area contributed by atoms with E-state index in [0.29, 0.717) is 18.2 Å². The fourth-order valence-corrected chi connectivity index (χ4v) is 16.5. The Hall–Kier alpha value is -6.12. The summed E-state index contributed by atoms with van der Waals surface area (Å²) in [6.07, 6.45) is -94.0. The largest absolute Gasteiger partial charge is 0.394 e. The lowest BCUT2D eigenvalue weighted by molar-refractivity contribution is -0.324. The van der Waals surface area contributed by atoms with E-state index in [4.69, 9.17) is 85.3 Å². The summed E-state index contributed by atoms with van der Waals surface area (Å²) in [6.45, 7) is -25.5. The van der Waals surface area contributed by atoms with Gasteiger partial charge in [0.15, 0.2) is 56.6 Å². The van der Waals surface area contributed by atoms with Crippen LogP contribution in [-0.2, 0) is 99.6 Å². The minimum absolute atomic E-state index is 0.626. The number of carbonyl (C=O) groups excluding carboxylic acids is 6. The molecule has 9 aliphatic heterocycles. The van der Waals surface area contributed by atoms with Crippen molar-refractivity contribution in [2.24, 2.45) is 0 Å². The van der Waals surface area contributed by atoms with Gasteiger partial charge in [0.2, 0.25) is 17.7 Å². The molecular formula is C81H132N6O60. The van der Waals surface area contributed by atoms with Crippen LogP contribution in [0, 0.1) is 0 Å². The summed E-state index contributed by atoms with van der Waals surface area (Å²) in [6, 6.07) is 1.88. The van der Waals surface area contributed by atoms with Gasteiger partial charge in [0.25, 0.3) is 17.7 Å². The van der Waals surface area contributed by atoms with Crippen LogP contribution >= 0.6 is 0 Å². The van der Waals surface area contributed by atoms with Gasteiger partial charge in [0.1, 0.15) is 236 Å². The van der Waals surface area contributed by atoms with Crippen molar-refractivity contribution in [3.63, 3.8) is 0 Å². The Morgan fingerprint density at radius 1 is 0.197 bits per heavy atom. The number of aliphatic hydroxyl groups is 36. The van der Waals surface area contributed by atoms with Crippen LogP contribution in [0.25, 0.3) is 0 Å². The molecule has 42 N–H and O–H groups in total. The van der Waals surface area contributed by atoms with E-state index in [1.54, 1.807) is 0 Å². The zero-order valence-corrected chi connectivity index (χ0v) is 77.5. The fraction of sp³-hybridized carbons (Fsp3) is 0.852. The zero-order chi connectivity index (χ0) is 109. The number of ether oxygens (including phenoxy) is 18. The molecule has 9 saturated heterocycles. The van der Waals surface area contributed by atoms with Gasteiger partial charge in [-0.25, -0.2) is 0 Å². The maximum absolute atomic E-state index is 15.0. The second kappa shape index (κ2) is 54.8. The van der Waals surface area contributed by atoms with E-state index in [9.17, 15) is 198 Å².